The van der Waals surface area contributed by atoms with Crippen molar-refractivity contribution in [2.24, 2.45) is 0 Å². The van der Waals surface area contributed by atoms with Crippen LogP contribution < -0.4 is 0 Å². The van der Waals surface area contributed by atoms with Crippen LogP contribution >= 0.6 is 0 Å². The Hall–Kier alpha value is -0.760. The highest BCUT2D eigenvalue weighted by atomic mass is 16.6. The third kappa shape index (κ3) is 1.46. The van der Waals surface area contributed by atoms with Crippen molar-refractivity contribution in [3.8, 4) is 0 Å². The lowest BCUT2D eigenvalue weighted by molar-refractivity contribution is 0.405. The Balaban J connectivity index is 2.14. The van der Waals surface area contributed by atoms with Crippen LogP contribution in [-0.4, -0.2) is 12.7 Å². The molecule has 0 aliphatic carbocycles. The number of hydrogen-bond acceptors (Lipinski definition) is 2. The van der Waals surface area contributed by atoms with Crippen LogP contribution in [0, 0.1) is 13.8 Å². The summed E-state index contributed by atoms with van der Waals surface area (Å²) in [5.74, 6) is 2.04. The molecule has 1 atom stereocenters. The maximum Gasteiger partial charge on any atom is 0.104 e. The Bertz CT molecular complexity index is 259. The highest BCUT2D eigenvalue weighted by Gasteiger charge is 2.24. The van der Waals surface area contributed by atoms with E-state index in [9.17, 15) is 0 Å². The molecule has 1 aromatic heterocycles. The quantitative estimate of drug-likeness (QED) is 0.604. The first kappa shape index (κ1) is 6.92. The predicted octanol–water partition coefficient (Wildman–Crippen LogP) is 1.84. The van der Waals surface area contributed by atoms with E-state index >= 15 is 0 Å². The third-order valence-corrected chi connectivity index (χ3v) is 1.99. The molecule has 0 bridgehead atoms. The van der Waals surface area contributed by atoms with Crippen molar-refractivity contribution in [2.75, 3.05) is 6.61 Å². The maximum absolute atomic E-state index is 5.39. The smallest absolute Gasteiger partial charge is 0.104 e. The van der Waals surface area contributed by atoms with Gasteiger partial charge in [-0.05, 0) is 25.5 Å². The Kier molecular flexibility index (Phi) is 1.50. The fraction of sp³-hybridized carbons (Fsp3) is 0.556. The van der Waals surface area contributed by atoms with Crippen LogP contribution in [0.4, 0.5) is 0 Å². The molecule has 60 valence electrons. The minimum absolute atomic E-state index is 0.464. The number of ether oxygens (including phenoxy) is 1. The number of rotatable bonds is 2. The highest BCUT2D eigenvalue weighted by molar-refractivity contribution is 5.21. The van der Waals surface area contributed by atoms with E-state index < -0.39 is 0 Å². The summed E-state index contributed by atoms with van der Waals surface area (Å²) in [4.78, 5) is 0. The SMILES string of the molecule is Cc1cc(CC2CO2)c(C)o1. The molecular formula is C9H12O2. The fourth-order valence-electron chi connectivity index (χ4n) is 1.32. The predicted molar refractivity (Wildman–Crippen MR) is 41.6 cm³/mol. The molecule has 1 fully saturated rings. The lowest BCUT2D eigenvalue weighted by Crippen LogP contribution is -1.91. The van der Waals surface area contributed by atoms with Gasteiger partial charge < -0.3 is 9.15 Å². The van der Waals surface area contributed by atoms with Crippen molar-refractivity contribution >= 4 is 0 Å². The van der Waals surface area contributed by atoms with Crippen molar-refractivity contribution in [2.45, 2.75) is 26.4 Å². The van der Waals surface area contributed by atoms with E-state index in [1.807, 2.05) is 13.8 Å². The number of aryl methyl sites for hydroxylation is 2. The van der Waals surface area contributed by atoms with Crippen molar-refractivity contribution in [3.63, 3.8) is 0 Å². The molecular weight excluding hydrogens is 140 g/mol. The Morgan fingerprint density at radius 3 is 2.73 bits per heavy atom. The van der Waals surface area contributed by atoms with Gasteiger partial charge in [-0.25, -0.2) is 0 Å². The van der Waals surface area contributed by atoms with Crippen molar-refractivity contribution in [1.82, 2.24) is 0 Å². The van der Waals surface area contributed by atoms with Gasteiger partial charge in [-0.15, -0.1) is 0 Å². The highest BCUT2D eigenvalue weighted by Crippen LogP contribution is 2.21. The van der Waals surface area contributed by atoms with Gasteiger partial charge in [-0.1, -0.05) is 0 Å². The van der Waals surface area contributed by atoms with Crippen LogP contribution in [0.2, 0.25) is 0 Å². The third-order valence-electron chi connectivity index (χ3n) is 1.99. The standard InChI is InChI=1S/C9H12O2/c1-6-3-8(7(2)11-6)4-9-5-10-9/h3,9H,4-5H2,1-2H3. The number of epoxide rings is 1. The number of furan rings is 1. The minimum atomic E-state index is 0.464. The lowest BCUT2D eigenvalue weighted by atomic mass is 10.1. The Morgan fingerprint density at radius 2 is 2.27 bits per heavy atom. The van der Waals surface area contributed by atoms with Crippen molar-refractivity contribution < 1.29 is 9.15 Å². The molecule has 0 amide bonds. The van der Waals surface area contributed by atoms with E-state index in [1.54, 1.807) is 0 Å². The maximum atomic E-state index is 5.39. The van der Waals surface area contributed by atoms with Gasteiger partial charge in [0.1, 0.15) is 11.5 Å². The Labute approximate surface area is 66.2 Å². The summed E-state index contributed by atoms with van der Waals surface area (Å²) < 4.78 is 10.5. The average molecular weight is 152 g/mol. The minimum Gasteiger partial charge on any atom is -0.466 e. The molecule has 0 N–H and O–H groups in total. The second-order valence-electron chi connectivity index (χ2n) is 3.10. The second kappa shape index (κ2) is 2.38. The molecule has 1 aliphatic rings. The van der Waals surface area contributed by atoms with E-state index in [1.165, 1.54) is 5.56 Å². The molecule has 2 nitrogen and oxygen atoms in total. The van der Waals surface area contributed by atoms with Gasteiger partial charge in [-0.2, -0.15) is 0 Å². The molecule has 1 saturated heterocycles. The molecule has 2 rings (SSSR count). The van der Waals surface area contributed by atoms with Crippen LogP contribution in [0.25, 0.3) is 0 Å². The van der Waals surface area contributed by atoms with Gasteiger partial charge in [0.05, 0.1) is 12.7 Å². The van der Waals surface area contributed by atoms with Crippen LogP contribution in [0.3, 0.4) is 0 Å². The summed E-state index contributed by atoms with van der Waals surface area (Å²) in [7, 11) is 0. The van der Waals surface area contributed by atoms with Crippen LogP contribution in [-0.2, 0) is 11.2 Å². The van der Waals surface area contributed by atoms with E-state index in [4.69, 9.17) is 9.15 Å². The fourth-order valence-corrected chi connectivity index (χ4v) is 1.32. The molecule has 1 aromatic rings. The summed E-state index contributed by atoms with van der Waals surface area (Å²) in [6.07, 6.45) is 1.48. The topological polar surface area (TPSA) is 25.7 Å². The zero-order chi connectivity index (χ0) is 7.84. The average Bonchev–Trinajstić information content (AvgIpc) is 2.64. The molecule has 11 heavy (non-hydrogen) atoms. The van der Waals surface area contributed by atoms with Gasteiger partial charge in [0.2, 0.25) is 0 Å². The molecule has 1 aliphatic heterocycles. The summed E-state index contributed by atoms with van der Waals surface area (Å²) in [5, 5.41) is 0. The van der Waals surface area contributed by atoms with Crippen molar-refractivity contribution in [1.29, 1.82) is 0 Å². The van der Waals surface area contributed by atoms with Gasteiger partial charge in [0, 0.05) is 6.42 Å². The van der Waals surface area contributed by atoms with Gasteiger partial charge in [0.25, 0.3) is 0 Å². The molecule has 0 spiro atoms. The zero-order valence-corrected chi connectivity index (χ0v) is 6.89. The van der Waals surface area contributed by atoms with Gasteiger partial charge in [-0.3, -0.25) is 0 Å². The number of hydrogen-bond donors (Lipinski definition) is 0. The molecule has 0 radical (unpaired) electrons. The zero-order valence-electron chi connectivity index (χ0n) is 6.89. The van der Waals surface area contributed by atoms with E-state index in [0.717, 1.165) is 24.5 Å². The van der Waals surface area contributed by atoms with E-state index in [0.29, 0.717) is 6.10 Å². The first-order chi connectivity index (χ1) is 5.25. The molecule has 2 heteroatoms. The normalized spacial score (nSPS) is 22.2. The first-order valence-corrected chi connectivity index (χ1v) is 3.93. The van der Waals surface area contributed by atoms with E-state index in [-0.39, 0.29) is 0 Å². The first-order valence-electron chi connectivity index (χ1n) is 3.93. The van der Waals surface area contributed by atoms with Crippen molar-refractivity contribution in [3.05, 3.63) is 23.2 Å². The van der Waals surface area contributed by atoms with Crippen LogP contribution in [0.5, 0.6) is 0 Å². The molecule has 0 saturated carbocycles. The van der Waals surface area contributed by atoms with Gasteiger partial charge >= 0.3 is 0 Å². The largest absolute Gasteiger partial charge is 0.466 e. The monoisotopic (exact) mass is 152 g/mol. The summed E-state index contributed by atoms with van der Waals surface area (Å²) in [6, 6.07) is 2.09. The molecule has 2 heterocycles. The van der Waals surface area contributed by atoms with E-state index in [2.05, 4.69) is 6.07 Å². The summed E-state index contributed by atoms with van der Waals surface area (Å²) in [5.41, 5.74) is 1.30. The molecule has 0 aromatic carbocycles. The summed E-state index contributed by atoms with van der Waals surface area (Å²) in [6.45, 7) is 4.90. The van der Waals surface area contributed by atoms with Gasteiger partial charge in [0.15, 0.2) is 0 Å². The molecule has 1 unspecified atom stereocenters. The summed E-state index contributed by atoms with van der Waals surface area (Å²) >= 11 is 0. The second-order valence-corrected chi connectivity index (χ2v) is 3.10. The van der Waals surface area contributed by atoms with Crippen LogP contribution in [0.1, 0.15) is 17.1 Å². The van der Waals surface area contributed by atoms with Crippen LogP contribution in [0.15, 0.2) is 10.5 Å². The lowest BCUT2D eigenvalue weighted by Gasteiger charge is -1.91. The Morgan fingerprint density at radius 1 is 1.55 bits per heavy atom.